The predicted molar refractivity (Wildman–Crippen MR) is 78.4 cm³/mol. The van der Waals surface area contributed by atoms with Crippen LogP contribution in [0.1, 0.15) is 33.6 Å². The molecule has 0 radical (unpaired) electrons. The summed E-state index contributed by atoms with van der Waals surface area (Å²) in [6.07, 6.45) is -0.461. The average Bonchev–Trinajstić information content (AvgIpc) is 2.45. The number of rotatable bonds is 7. The van der Waals surface area contributed by atoms with E-state index >= 15 is 0 Å². The smallest absolute Gasteiger partial charge is 0.311 e. The van der Waals surface area contributed by atoms with E-state index in [0.29, 0.717) is 0 Å². The first-order chi connectivity index (χ1) is 10.3. The Balaban J connectivity index is 2.45. The van der Waals surface area contributed by atoms with Crippen molar-refractivity contribution in [1.29, 1.82) is 0 Å². The summed E-state index contributed by atoms with van der Waals surface area (Å²) in [6, 6.07) is 5.29. The quantitative estimate of drug-likeness (QED) is 0.332. The van der Waals surface area contributed by atoms with Crippen molar-refractivity contribution in [3.63, 3.8) is 0 Å². The Morgan fingerprint density at radius 3 is 2.41 bits per heavy atom. The van der Waals surface area contributed by atoms with Crippen LogP contribution < -0.4 is 4.74 Å². The van der Waals surface area contributed by atoms with Crippen molar-refractivity contribution in [1.82, 2.24) is 0 Å². The van der Waals surface area contributed by atoms with E-state index < -0.39 is 16.9 Å². The number of ether oxygens (including phenoxy) is 2. The number of carbonyl (C=O) groups excluding carboxylic acids is 2. The van der Waals surface area contributed by atoms with Gasteiger partial charge in [0.2, 0.25) is 0 Å². The molecule has 0 spiro atoms. The molecule has 7 heteroatoms. The zero-order chi connectivity index (χ0) is 16.7. The monoisotopic (exact) mass is 309 g/mol. The lowest BCUT2D eigenvalue weighted by atomic mass is 10.1. The van der Waals surface area contributed by atoms with Crippen LogP contribution >= 0.6 is 0 Å². The molecule has 0 aliphatic carbocycles. The first kappa shape index (κ1) is 17.6. The second-order valence-electron chi connectivity index (χ2n) is 5.17. The second kappa shape index (κ2) is 8.11. The summed E-state index contributed by atoms with van der Waals surface area (Å²) in [4.78, 5) is 33.2. The van der Waals surface area contributed by atoms with E-state index in [-0.39, 0.29) is 36.3 Å². The van der Waals surface area contributed by atoms with Gasteiger partial charge >= 0.3 is 11.9 Å². The lowest BCUT2D eigenvalue weighted by Gasteiger charge is -2.16. The highest BCUT2D eigenvalue weighted by atomic mass is 16.6. The third kappa shape index (κ3) is 5.90. The van der Waals surface area contributed by atoms with E-state index in [1.54, 1.807) is 6.92 Å². The Labute approximate surface area is 128 Å². The minimum Gasteiger partial charge on any atom is -0.462 e. The zero-order valence-corrected chi connectivity index (χ0v) is 12.8. The van der Waals surface area contributed by atoms with Gasteiger partial charge in [-0.1, -0.05) is 19.9 Å². The molecule has 0 heterocycles. The number of esters is 2. The van der Waals surface area contributed by atoms with Crippen molar-refractivity contribution < 1.29 is 24.0 Å². The van der Waals surface area contributed by atoms with Crippen molar-refractivity contribution in [2.24, 2.45) is 5.92 Å². The molecule has 0 N–H and O–H groups in total. The molecule has 0 saturated heterocycles. The Morgan fingerprint density at radius 1 is 1.18 bits per heavy atom. The predicted octanol–water partition coefficient (Wildman–Crippen LogP) is 2.87. The average molecular weight is 309 g/mol. The van der Waals surface area contributed by atoms with Gasteiger partial charge in [-0.3, -0.25) is 19.7 Å². The topological polar surface area (TPSA) is 95.7 Å². The van der Waals surface area contributed by atoms with Crippen molar-refractivity contribution in [3.8, 4) is 5.75 Å². The number of nitrogens with zero attached hydrogens (tertiary/aromatic N) is 1. The molecule has 0 aliphatic heterocycles. The molecule has 0 saturated carbocycles. The molecule has 0 aromatic heterocycles. The fraction of sp³-hybridized carbons (Fsp3) is 0.467. The maximum Gasteiger partial charge on any atom is 0.311 e. The molecule has 0 bridgehead atoms. The van der Waals surface area contributed by atoms with Crippen molar-refractivity contribution in [3.05, 3.63) is 34.4 Å². The Kier molecular flexibility index (Phi) is 6.49. The standard InChI is InChI=1S/C15H19NO6/c1-10(2)11(3)21-14(17)7-8-15(18)22-13-6-4-5-12(9-13)16(19)20/h4-6,9-11H,7-8H2,1-3H3. The van der Waals surface area contributed by atoms with Gasteiger partial charge in [-0.2, -0.15) is 0 Å². The van der Waals surface area contributed by atoms with Crippen LogP contribution in [0.4, 0.5) is 5.69 Å². The number of nitro benzene ring substituents is 1. The largest absolute Gasteiger partial charge is 0.462 e. The first-order valence-electron chi connectivity index (χ1n) is 6.94. The number of hydrogen-bond acceptors (Lipinski definition) is 6. The maximum absolute atomic E-state index is 11.6. The summed E-state index contributed by atoms with van der Waals surface area (Å²) < 4.78 is 10.1. The molecule has 0 fully saturated rings. The van der Waals surface area contributed by atoms with Crippen LogP contribution in [-0.4, -0.2) is 23.0 Å². The van der Waals surface area contributed by atoms with Gasteiger partial charge in [-0.25, -0.2) is 0 Å². The Bertz CT molecular complexity index is 555. The van der Waals surface area contributed by atoms with Gasteiger partial charge in [0.25, 0.3) is 5.69 Å². The lowest BCUT2D eigenvalue weighted by molar-refractivity contribution is -0.384. The van der Waals surface area contributed by atoms with Crippen molar-refractivity contribution in [2.45, 2.75) is 39.7 Å². The van der Waals surface area contributed by atoms with Gasteiger partial charge in [0.15, 0.2) is 0 Å². The highest BCUT2D eigenvalue weighted by molar-refractivity contribution is 5.79. The van der Waals surface area contributed by atoms with E-state index in [4.69, 9.17) is 9.47 Å². The Morgan fingerprint density at radius 2 is 1.82 bits per heavy atom. The lowest BCUT2D eigenvalue weighted by Crippen LogP contribution is -2.21. The molecule has 0 amide bonds. The fourth-order valence-corrected chi connectivity index (χ4v) is 1.45. The molecule has 120 valence electrons. The molecule has 1 rings (SSSR count). The summed E-state index contributed by atoms with van der Waals surface area (Å²) in [5.41, 5.74) is -0.171. The summed E-state index contributed by atoms with van der Waals surface area (Å²) in [5.74, 6) is -0.851. The normalized spacial score (nSPS) is 11.8. The highest BCUT2D eigenvalue weighted by Crippen LogP contribution is 2.19. The molecular weight excluding hydrogens is 290 g/mol. The van der Waals surface area contributed by atoms with Crippen LogP contribution in [0.3, 0.4) is 0 Å². The summed E-state index contributed by atoms with van der Waals surface area (Å²) in [7, 11) is 0. The minimum absolute atomic E-state index is 0.0723. The fourth-order valence-electron chi connectivity index (χ4n) is 1.45. The molecule has 7 nitrogen and oxygen atoms in total. The second-order valence-corrected chi connectivity index (χ2v) is 5.17. The maximum atomic E-state index is 11.6. The van der Waals surface area contributed by atoms with Crippen LogP contribution in [0.2, 0.25) is 0 Å². The van der Waals surface area contributed by atoms with Crippen LogP contribution in [0.25, 0.3) is 0 Å². The van der Waals surface area contributed by atoms with E-state index in [0.717, 1.165) is 6.07 Å². The number of nitro groups is 1. The summed E-state index contributed by atoms with van der Waals surface area (Å²) in [5, 5.41) is 10.6. The molecular formula is C15H19NO6. The third-order valence-electron chi connectivity index (χ3n) is 3.05. The van der Waals surface area contributed by atoms with Crippen LogP contribution in [0, 0.1) is 16.0 Å². The van der Waals surface area contributed by atoms with Gasteiger partial charge in [0.05, 0.1) is 23.8 Å². The van der Waals surface area contributed by atoms with Gasteiger partial charge in [0.1, 0.15) is 11.9 Å². The summed E-state index contributed by atoms with van der Waals surface area (Å²) >= 11 is 0. The number of non-ortho nitro benzene ring substituents is 1. The van der Waals surface area contributed by atoms with E-state index in [2.05, 4.69) is 0 Å². The van der Waals surface area contributed by atoms with Crippen molar-refractivity contribution in [2.75, 3.05) is 0 Å². The SMILES string of the molecule is CC(C)C(C)OC(=O)CCC(=O)Oc1cccc([N+](=O)[O-])c1. The van der Waals surface area contributed by atoms with Crippen LogP contribution in [-0.2, 0) is 14.3 Å². The van der Waals surface area contributed by atoms with Crippen molar-refractivity contribution >= 4 is 17.6 Å². The van der Waals surface area contributed by atoms with E-state index in [1.807, 2.05) is 13.8 Å². The van der Waals surface area contributed by atoms with E-state index in [9.17, 15) is 19.7 Å². The molecule has 1 atom stereocenters. The minimum atomic E-state index is -0.644. The molecule has 1 aromatic carbocycles. The molecule has 1 unspecified atom stereocenters. The van der Waals surface area contributed by atoms with E-state index in [1.165, 1.54) is 18.2 Å². The number of benzene rings is 1. The molecule has 1 aromatic rings. The summed E-state index contributed by atoms with van der Waals surface area (Å²) in [6.45, 7) is 5.63. The molecule has 0 aliphatic rings. The van der Waals surface area contributed by atoms with Gasteiger partial charge < -0.3 is 9.47 Å². The Hall–Kier alpha value is -2.44. The highest BCUT2D eigenvalue weighted by Gasteiger charge is 2.16. The van der Waals surface area contributed by atoms with Crippen LogP contribution in [0.5, 0.6) is 5.75 Å². The first-order valence-corrected chi connectivity index (χ1v) is 6.94. The van der Waals surface area contributed by atoms with Gasteiger partial charge in [0, 0.05) is 6.07 Å². The van der Waals surface area contributed by atoms with Gasteiger partial charge in [-0.05, 0) is 18.9 Å². The van der Waals surface area contributed by atoms with Crippen LogP contribution in [0.15, 0.2) is 24.3 Å². The number of hydrogen-bond donors (Lipinski definition) is 0. The molecule has 22 heavy (non-hydrogen) atoms. The number of carbonyl (C=O) groups is 2. The third-order valence-corrected chi connectivity index (χ3v) is 3.05. The van der Waals surface area contributed by atoms with Gasteiger partial charge in [-0.15, -0.1) is 0 Å². The zero-order valence-electron chi connectivity index (χ0n) is 12.8.